The first-order valence-corrected chi connectivity index (χ1v) is 4.37. The van der Waals surface area contributed by atoms with Crippen molar-refractivity contribution in [1.82, 2.24) is 4.98 Å². The van der Waals surface area contributed by atoms with E-state index in [0.29, 0.717) is 5.15 Å². The predicted octanol–water partition coefficient (Wildman–Crippen LogP) is 2.78. The summed E-state index contributed by atoms with van der Waals surface area (Å²) in [6.45, 7) is 1.91. The number of rotatable bonds is 0. The standard InChI is InChI=1S/C10H9ClN2/c1-6-4-7-5-8(12)2-3-9(7)10(11)13-6/h2-5H,12H2,1H3. The number of fused-ring (bicyclic) bond motifs is 1. The SMILES string of the molecule is Cc1cc2cc(N)ccc2c(Cl)n1. The van der Waals surface area contributed by atoms with E-state index < -0.39 is 0 Å². The van der Waals surface area contributed by atoms with Crippen molar-refractivity contribution in [3.63, 3.8) is 0 Å². The van der Waals surface area contributed by atoms with Gasteiger partial charge >= 0.3 is 0 Å². The molecule has 0 saturated carbocycles. The van der Waals surface area contributed by atoms with E-state index in [2.05, 4.69) is 4.98 Å². The second-order valence-corrected chi connectivity index (χ2v) is 3.39. The monoisotopic (exact) mass is 192 g/mol. The first-order chi connectivity index (χ1) is 6.16. The Morgan fingerprint density at radius 1 is 1.31 bits per heavy atom. The second-order valence-electron chi connectivity index (χ2n) is 3.04. The highest BCUT2D eigenvalue weighted by Crippen LogP contribution is 2.24. The van der Waals surface area contributed by atoms with Crippen molar-refractivity contribution in [3.05, 3.63) is 35.1 Å². The van der Waals surface area contributed by atoms with Crippen LogP contribution in [0.4, 0.5) is 5.69 Å². The Bertz CT molecular complexity index is 460. The minimum atomic E-state index is 0.537. The fraction of sp³-hybridized carbons (Fsp3) is 0.100. The lowest BCUT2D eigenvalue weighted by Gasteiger charge is -2.02. The Labute approximate surface area is 81.3 Å². The number of hydrogen-bond donors (Lipinski definition) is 1. The third kappa shape index (κ3) is 1.45. The zero-order valence-electron chi connectivity index (χ0n) is 7.21. The first-order valence-electron chi connectivity index (χ1n) is 3.99. The van der Waals surface area contributed by atoms with Gasteiger partial charge in [-0.05, 0) is 36.6 Å². The lowest BCUT2D eigenvalue weighted by atomic mass is 10.1. The molecule has 1 aromatic heterocycles. The molecule has 0 amide bonds. The van der Waals surface area contributed by atoms with E-state index >= 15 is 0 Å². The van der Waals surface area contributed by atoms with Crippen LogP contribution < -0.4 is 5.73 Å². The van der Waals surface area contributed by atoms with Crippen LogP contribution in [0.2, 0.25) is 5.15 Å². The molecule has 0 unspecified atom stereocenters. The van der Waals surface area contributed by atoms with Crippen molar-refractivity contribution < 1.29 is 0 Å². The summed E-state index contributed by atoms with van der Waals surface area (Å²) >= 11 is 5.96. The molecule has 0 fully saturated rings. The number of anilines is 1. The Morgan fingerprint density at radius 2 is 2.08 bits per heavy atom. The van der Waals surface area contributed by atoms with Crippen molar-refractivity contribution in [3.8, 4) is 0 Å². The van der Waals surface area contributed by atoms with Gasteiger partial charge in [0.15, 0.2) is 0 Å². The van der Waals surface area contributed by atoms with Gasteiger partial charge in [-0.25, -0.2) is 4.98 Å². The van der Waals surface area contributed by atoms with Crippen molar-refractivity contribution in [1.29, 1.82) is 0 Å². The summed E-state index contributed by atoms with van der Waals surface area (Å²) in [4.78, 5) is 4.16. The molecule has 13 heavy (non-hydrogen) atoms. The Kier molecular flexibility index (Phi) is 1.85. The van der Waals surface area contributed by atoms with Gasteiger partial charge in [0.25, 0.3) is 0 Å². The van der Waals surface area contributed by atoms with Crippen molar-refractivity contribution in [2.45, 2.75) is 6.92 Å². The van der Waals surface area contributed by atoms with Gasteiger partial charge in [-0.2, -0.15) is 0 Å². The minimum absolute atomic E-state index is 0.537. The highest BCUT2D eigenvalue weighted by molar-refractivity contribution is 6.34. The van der Waals surface area contributed by atoms with Crippen molar-refractivity contribution >= 4 is 28.1 Å². The number of hydrogen-bond acceptors (Lipinski definition) is 2. The van der Waals surface area contributed by atoms with Crippen LogP contribution in [0.5, 0.6) is 0 Å². The van der Waals surface area contributed by atoms with Crippen LogP contribution in [0.15, 0.2) is 24.3 Å². The molecule has 2 aromatic rings. The van der Waals surface area contributed by atoms with Crippen LogP contribution in [0.25, 0.3) is 10.8 Å². The quantitative estimate of drug-likeness (QED) is 0.515. The molecular weight excluding hydrogens is 184 g/mol. The lowest BCUT2D eigenvalue weighted by Crippen LogP contribution is -1.87. The normalized spacial score (nSPS) is 10.6. The van der Waals surface area contributed by atoms with Gasteiger partial charge in [-0.1, -0.05) is 11.6 Å². The molecule has 0 aliphatic heterocycles. The molecule has 2 nitrogen and oxygen atoms in total. The summed E-state index contributed by atoms with van der Waals surface area (Å²) in [6, 6.07) is 7.58. The Morgan fingerprint density at radius 3 is 2.85 bits per heavy atom. The minimum Gasteiger partial charge on any atom is -0.399 e. The zero-order valence-corrected chi connectivity index (χ0v) is 7.97. The summed E-state index contributed by atoms with van der Waals surface area (Å²) in [7, 11) is 0. The largest absolute Gasteiger partial charge is 0.399 e. The molecule has 2 rings (SSSR count). The average molecular weight is 193 g/mol. The van der Waals surface area contributed by atoms with Gasteiger partial charge in [-0.15, -0.1) is 0 Å². The summed E-state index contributed by atoms with van der Waals surface area (Å²) in [6.07, 6.45) is 0. The third-order valence-corrected chi connectivity index (χ3v) is 2.22. The molecule has 66 valence electrons. The maximum Gasteiger partial charge on any atom is 0.137 e. The van der Waals surface area contributed by atoms with E-state index in [9.17, 15) is 0 Å². The molecule has 0 spiro atoms. The molecule has 0 aliphatic rings. The van der Waals surface area contributed by atoms with Gasteiger partial charge < -0.3 is 5.73 Å². The topological polar surface area (TPSA) is 38.9 Å². The number of nitrogens with two attached hydrogens (primary N) is 1. The fourth-order valence-corrected chi connectivity index (χ4v) is 1.67. The Hall–Kier alpha value is -1.28. The van der Waals surface area contributed by atoms with Crippen LogP contribution in [0.1, 0.15) is 5.69 Å². The molecule has 0 atom stereocenters. The summed E-state index contributed by atoms with van der Waals surface area (Å²) in [5.41, 5.74) is 7.31. The summed E-state index contributed by atoms with van der Waals surface area (Å²) in [5.74, 6) is 0. The molecule has 0 radical (unpaired) electrons. The number of nitrogens with zero attached hydrogens (tertiary/aromatic N) is 1. The van der Waals surface area contributed by atoms with Crippen LogP contribution in [-0.4, -0.2) is 4.98 Å². The molecule has 0 aliphatic carbocycles. The molecule has 1 aromatic carbocycles. The average Bonchev–Trinajstić information content (AvgIpc) is 2.02. The molecule has 3 heteroatoms. The van der Waals surface area contributed by atoms with E-state index in [1.165, 1.54) is 0 Å². The smallest absolute Gasteiger partial charge is 0.137 e. The van der Waals surface area contributed by atoms with Crippen LogP contribution in [0, 0.1) is 6.92 Å². The number of benzene rings is 1. The highest BCUT2D eigenvalue weighted by Gasteiger charge is 2.01. The molecule has 0 saturated heterocycles. The lowest BCUT2D eigenvalue weighted by molar-refractivity contribution is 1.22. The van der Waals surface area contributed by atoms with E-state index in [1.54, 1.807) is 0 Å². The van der Waals surface area contributed by atoms with E-state index in [1.807, 2.05) is 31.2 Å². The highest BCUT2D eigenvalue weighted by atomic mass is 35.5. The molecule has 2 N–H and O–H groups in total. The number of aromatic nitrogens is 1. The van der Waals surface area contributed by atoms with Gasteiger partial charge in [0, 0.05) is 16.8 Å². The van der Waals surface area contributed by atoms with Crippen molar-refractivity contribution in [2.75, 3.05) is 5.73 Å². The predicted molar refractivity (Wildman–Crippen MR) is 55.9 cm³/mol. The molecule has 0 bridgehead atoms. The number of nitrogen functional groups attached to an aromatic ring is 1. The van der Waals surface area contributed by atoms with Gasteiger partial charge in [0.1, 0.15) is 5.15 Å². The Balaban J connectivity index is 2.86. The van der Waals surface area contributed by atoms with Crippen LogP contribution >= 0.6 is 11.6 Å². The van der Waals surface area contributed by atoms with Gasteiger partial charge in [0.2, 0.25) is 0 Å². The third-order valence-electron chi connectivity index (χ3n) is 1.94. The second kappa shape index (κ2) is 2.89. The van der Waals surface area contributed by atoms with Crippen molar-refractivity contribution in [2.24, 2.45) is 0 Å². The number of pyridine rings is 1. The summed E-state index contributed by atoms with van der Waals surface area (Å²) in [5, 5.41) is 2.52. The van der Waals surface area contributed by atoms with Crippen LogP contribution in [0.3, 0.4) is 0 Å². The van der Waals surface area contributed by atoms with E-state index in [4.69, 9.17) is 17.3 Å². The van der Waals surface area contributed by atoms with Gasteiger partial charge in [-0.3, -0.25) is 0 Å². The summed E-state index contributed by atoms with van der Waals surface area (Å²) < 4.78 is 0. The maximum atomic E-state index is 5.96. The fourth-order valence-electron chi connectivity index (χ4n) is 1.36. The number of halogens is 1. The first kappa shape index (κ1) is 8.32. The van der Waals surface area contributed by atoms with Gasteiger partial charge in [0.05, 0.1) is 0 Å². The molecule has 1 heterocycles. The number of aryl methyl sites for hydroxylation is 1. The van der Waals surface area contributed by atoms with Crippen LogP contribution in [-0.2, 0) is 0 Å². The van der Waals surface area contributed by atoms with E-state index in [-0.39, 0.29) is 0 Å². The maximum absolute atomic E-state index is 5.96. The zero-order chi connectivity index (χ0) is 9.42. The molecular formula is C10H9ClN2. The van der Waals surface area contributed by atoms with E-state index in [0.717, 1.165) is 22.2 Å².